The summed E-state index contributed by atoms with van der Waals surface area (Å²) in [6.45, 7) is 3.73. The Balaban J connectivity index is 1.75. The lowest BCUT2D eigenvalue weighted by molar-refractivity contribution is 0.341. The maximum absolute atomic E-state index is 5.58. The number of thiophene rings is 1. The van der Waals surface area contributed by atoms with E-state index in [-0.39, 0.29) is 6.04 Å². The van der Waals surface area contributed by atoms with Gasteiger partial charge in [-0.25, -0.2) is 4.98 Å². The van der Waals surface area contributed by atoms with Crippen LogP contribution in [-0.2, 0) is 6.42 Å². The molecule has 2 aromatic heterocycles. The monoisotopic (exact) mass is 316 g/mol. The summed E-state index contributed by atoms with van der Waals surface area (Å²) in [5, 5.41) is 6.94. The highest BCUT2D eigenvalue weighted by Gasteiger charge is 2.25. The molecule has 3 heterocycles. The van der Waals surface area contributed by atoms with Gasteiger partial charge in [0.2, 0.25) is 0 Å². The van der Waals surface area contributed by atoms with Gasteiger partial charge in [0.1, 0.15) is 10.8 Å². The summed E-state index contributed by atoms with van der Waals surface area (Å²) in [4.78, 5) is 6.31. The van der Waals surface area contributed by atoms with Crippen LogP contribution in [0.2, 0.25) is 0 Å². The summed E-state index contributed by atoms with van der Waals surface area (Å²) < 4.78 is 6.77. The first-order chi connectivity index (χ1) is 10.3. The summed E-state index contributed by atoms with van der Waals surface area (Å²) in [6.07, 6.45) is 1.13. The number of fused-ring (bicyclic) bond motifs is 2. The second-order valence-electron chi connectivity index (χ2n) is 5.05. The average Bonchev–Trinajstić information content (AvgIpc) is 3.13. The summed E-state index contributed by atoms with van der Waals surface area (Å²) >= 11 is 3.62. The van der Waals surface area contributed by atoms with Gasteiger partial charge in [0.05, 0.1) is 22.9 Å². The molecule has 0 radical (unpaired) electrons. The Hall–Kier alpha value is -1.43. The molecule has 1 aromatic carbocycles. The van der Waals surface area contributed by atoms with Crippen molar-refractivity contribution >= 4 is 32.9 Å². The number of nitrogens with zero attached hydrogens (tertiary/aromatic N) is 1. The van der Waals surface area contributed by atoms with Crippen molar-refractivity contribution in [3.05, 3.63) is 45.1 Å². The highest BCUT2D eigenvalue weighted by molar-refractivity contribution is 7.18. The fourth-order valence-electron chi connectivity index (χ4n) is 2.77. The smallest absolute Gasteiger partial charge is 0.120 e. The molecular formula is C16H16N2OS2. The molecule has 0 spiro atoms. The van der Waals surface area contributed by atoms with E-state index in [1.54, 1.807) is 11.3 Å². The van der Waals surface area contributed by atoms with Crippen molar-refractivity contribution in [2.24, 2.45) is 0 Å². The number of aromatic nitrogens is 1. The van der Waals surface area contributed by atoms with Crippen LogP contribution in [-0.4, -0.2) is 18.1 Å². The van der Waals surface area contributed by atoms with Crippen LogP contribution in [0, 0.1) is 0 Å². The predicted octanol–water partition coefficient (Wildman–Crippen LogP) is 3.99. The van der Waals surface area contributed by atoms with Crippen LogP contribution < -0.4 is 10.1 Å². The van der Waals surface area contributed by atoms with Crippen LogP contribution >= 0.6 is 22.7 Å². The minimum Gasteiger partial charge on any atom is -0.494 e. The molecule has 3 aromatic rings. The zero-order valence-corrected chi connectivity index (χ0v) is 13.4. The van der Waals surface area contributed by atoms with Crippen LogP contribution in [0.3, 0.4) is 0 Å². The van der Waals surface area contributed by atoms with Crippen molar-refractivity contribution in [3.8, 4) is 5.75 Å². The van der Waals surface area contributed by atoms with Crippen LogP contribution in [0.15, 0.2) is 29.6 Å². The van der Waals surface area contributed by atoms with Gasteiger partial charge in [0, 0.05) is 11.4 Å². The summed E-state index contributed by atoms with van der Waals surface area (Å²) in [5.74, 6) is 0.924. The van der Waals surface area contributed by atoms with E-state index < -0.39 is 0 Å². The Morgan fingerprint density at radius 1 is 1.38 bits per heavy atom. The number of nitrogens with one attached hydrogen (secondary N) is 1. The van der Waals surface area contributed by atoms with E-state index >= 15 is 0 Å². The minimum absolute atomic E-state index is 0.243. The van der Waals surface area contributed by atoms with E-state index in [1.807, 2.05) is 24.3 Å². The third-order valence-corrected chi connectivity index (χ3v) is 5.81. The Morgan fingerprint density at radius 2 is 2.33 bits per heavy atom. The first-order valence-corrected chi connectivity index (χ1v) is 8.87. The van der Waals surface area contributed by atoms with Crippen LogP contribution in [0.1, 0.15) is 28.4 Å². The summed E-state index contributed by atoms with van der Waals surface area (Å²) in [5.41, 5.74) is 2.46. The van der Waals surface area contributed by atoms with Gasteiger partial charge in [-0.3, -0.25) is 0 Å². The van der Waals surface area contributed by atoms with Gasteiger partial charge in [-0.1, -0.05) is 0 Å². The molecule has 0 fully saturated rings. The third-order valence-electron chi connectivity index (χ3n) is 3.73. The second kappa shape index (κ2) is 5.40. The standard InChI is InChI=1S/C16H16N2OS2/c1-2-19-10-3-4-12-14(9-10)21-16(18-12)15-11-6-8-20-13(11)5-7-17-15/h3-4,6,8-9,15,17H,2,5,7H2,1H3. The molecule has 0 bridgehead atoms. The molecule has 0 aliphatic carbocycles. The zero-order chi connectivity index (χ0) is 14.2. The normalized spacial score (nSPS) is 17.9. The predicted molar refractivity (Wildman–Crippen MR) is 88.7 cm³/mol. The van der Waals surface area contributed by atoms with Gasteiger partial charge in [0.15, 0.2) is 0 Å². The highest BCUT2D eigenvalue weighted by atomic mass is 32.1. The molecule has 108 valence electrons. The van der Waals surface area contributed by atoms with Crippen molar-refractivity contribution in [3.63, 3.8) is 0 Å². The number of rotatable bonds is 3. The summed E-state index contributed by atoms with van der Waals surface area (Å²) in [6, 6.07) is 8.62. The lowest BCUT2D eigenvalue weighted by Crippen LogP contribution is -2.29. The maximum Gasteiger partial charge on any atom is 0.120 e. The SMILES string of the molecule is CCOc1ccc2nc(C3NCCc4sccc43)sc2c1. The molecule has 0 saturated heterocycles. The van der Waals surface area contributed by atoms with E-state index in [0.717, 1.165) is 29.2 Å². The maximum atomic E-state index is 5.58. The van der Waals surface area contributed by atoms with Crippen LogP contribution in [0.25, 0.3) is 10.2 Å². The van der Waals surface area contributed by atoms with Crippen molar-refractivity contribution in [2.75, 3.05) is 13.2 Å². The van der Waals surface area contributed by atoms with Gasteiger partial charge < -0.3 is 10.1 Å². The van der Waals surface area contributed by atoms with Crippen molar-refractivity contribution < 1.29 is 4.74 Å². The first-order valence-electron chi connectivity index (χ1n) is 7.18. The van der Waals surface area contributed by atoms with Gasteiger partial charge in [-0.05, 0) is 48.6 Å². The average molecular weight is 316 g/mol. The lowest BCUT2D eigenvalue weighted by atomic mass is 10.0. The molecule has 3 nitrogen and oxygen atoms in total. The number of benzene rings is 1. The molecular weight excluding hydrogens is 300 g/mol. The van der Waals surface area contributed by atoms with E-state index in [1.165, 1.54) is 15.1 Å². The number of hydrogen-bond acceptors (Lipinski definition) is 5. The molecule has 0 saturated carbocycles. The van der Waals surface area contributed by atoms with E-state index in [2.05, 4.69) is 28.9 Å². The Labute approximate surface area is 131 Å². The van der Waals surface area contributed by atoms with Gasteiger partial charge >= 0.3 is 0 Å². The van der Waals surface area contributed by atoms with Crippen LogP contribution in [0.4, 0.5) is 0 Å². The molecule has 0 amide bonds. The minimum atomic E-state index is 0.243. The Bertz CT molecular complexity index is 778. The molecule has 5 heteroatoms. The summed E-state index contributed by atoms with van der Waals surface area (Å²) in [7, 11) is 0. The molecule has 4 rings (SSSR count). The molecule has 1 aliphatic heterocycles. The van der Waals surface area contributed by atoms with E-state index in [9.17, 15) is 0 Å². The third kappa shape index (κ3) is 2.35. The highest BCUT2D eigenvalue weighted by Crippen LogP contribution is 2.36. The Morgan fingerprint density at radius 3 is 3.24 bits per heavy atom. The molecule has 1 atom stereocenters. The van der Waals surface area contributed by atoms with Gasteiger partial charge in [0.25, 0.3) is 0 Å². The first kappa shape index (κ1) is 13.2. The van der Waals surface area contributed by atoms with E-state index in [4.69, 9.17) is 9.72 Å². The van der Waals surface area contributed by atoms with Crippen LogP contribution in [0.5, 0.6) is 5.75 Å². The molecule has 1 N–H and O–H groups in total. The van der Waals surface area contributed by atoms with Crippen molar-refractivity contribution in [2.45, 2.75) is 19.4 Å². The molecule has 1 aliphatic rings. The van der Waals surface area contributed by atoms with Crippen molar-refractivity contribution in [1.82, 2.24) is 10.3 Å². The largest absolute Gasteiger partial charge is 0.494 e. The molecule has 21 heavy (non-hydrogen) atoms. The lowest BCUT2D eigenvalue weighted by Gasteiger charge is -2.22. The quantitative estimate of drug-likeness (QED) is 0.793. The molecule has 1 unspecified atom stereocenters. The topological polar surface area (TPSA) is 34.1 Å². The fraction of sp³-hybridized carbons (Fsp3) is 0.312. The van der Waals surface area contributed by atoms with Gasteiger partial charge in [-0.2, -0.15) is 0 Å². The van der Waals surface area contributed by atoms with E-state index in [0.29, 0.717) is 6.61 Å². The van der Waals surface area contributed by atoms with Crippen molar-refractivity contribution in [1.29, 1.82) is 0 Å². The number of hydrogen-bond donors (Lipinski definition) is 1. The zero-order valence-electron chi connectivity index (χ0n) is 11.8. The second-order valence-corrected chi connectivity index (χ2v) is 7.11. The number of thiazole rings is 1. The Kier molecular flexibility index (Phi) is 3.41. The van der Waals surface area contributed by atoms with Gasteiger partial charge in [-0.15, -0.1) is 22.7 Å². The number of ether oxygens (including phenoxy) is 1. The fourth-order valence-corrected chi connectivity index (χ4v) is 4.79.